The highest BCUT2D eigenvalue weighted by Gasteiger charge is 2.19. The summed E-state index contributed by atoms with van der Waals surface area (Å²) in [6.07, 6.45) is 1.62. The van der Waals surface area contributed by atoms with Gasteiger partial charge in [0, 0.05) is 21.1 Å². The van der Waals surface area contributed by atoms with Gasteiger partial charge in [0.1, 0.15) is 5.69 Å². The van der Waals surface area contributed by atoms with Crippen LogP contribution in [0.5, 0.6) is 0 Å². The van der Waals surface area contributed by atoms with Gasteiger partial charge in [0.05, 0.1) is 21.3 Å². The number of aryl methyl sites for hydroxylation is 2. The van der Waals surface area contributed by atoms with E-state index in [9.17, 15) is 13.2 Å². The lowest BCUT2D eigenvalue weighted by Gasteiger charge is -2.10. The number of nitrogens with one attached hydrogen (secondary N) is 1. The van der Waals surface area contributed by atoms with Crippen molar-refractivity contribution in [3.05, 3.63) is 35.7 Å². The molecule has 0 bridgehead atoms. The molecular formula is C15H17N5O3S2. The molecule has 0 radical (unpaired) electrons. The molecule has 132 valence electrons. The maximum absolute atomic E-state index is 12.4. The number of hydrogen-bond donors (Lipinski definition) is 1. The van der Waals surface area contributed by atoms with Crippen LogP contribution in [0, 0.1) is 6.92 Å². The van der Waals surface area contributed by atoms with Crippen LogP contribution in [0.1, 0.15) is 16.1 Å². The molecule has 2 aromatic heterocycles. The molecule has 0 aliphatic carbocycles. The van der Waals surface area contributed by atoms with E-state index in [-0.39, 0.29) is 10.8 Å². The van der Waals surface area contributed by atoms with Crippen LogP contribution in [0.4, 0.5) is 5.13 Å². The number of carbonyl (C=O) groups excluding carboxylic acids is 1. The number of aromatic nitrogens is 3. The van der Waals surface area contributed by atoms with Gasteiger partial charge in [0.2, 0.25) is 10.0 Å². The summed E-state index contributed by atoms with van der Waals surface area (Å²) in [6.45, 7) is 1.80. The second kappa shape index (κ2) is 6.21. The third-order valence-corrected chi connectivity index (χ3v) is 6.44. The monoisotopic (exact) mass is 379 g/mol. The van der Waals surface area contributed by atoms with E-state index in [2.05, 4.69) is 15.4 Å². The first kappa shape index (κ1) is 17.5. The standard InChI is InChI=1S/C15H17N5O3S2/c1-9-8-16-20(4)13(9)14(21)18-15-17-11-6-5-10(7-12(11)24-15)25(22,23)19(2)3/h5-8H,1-4H3,(H,17,18,21). The molecule has 2 heterocycles. The third-order valence-electron chi connectivity index (χ3n) is 3.70. The SMILES string of the molecule is Cc1cnn(C)c1C(=O)Nc1nc2ccc(S(=O)(=O)N(C)C)cc2s1. The van der Waals surface area contributed by atoms with Crippen LogP contribution >= 0.6 is 11.3 Å². The van der Waals surface area contributed by atoms with Crippen molar-refractivity contribution in [3.63, 3.8) is 0 Å². The van der Waals surface area contributed by atoms with Gasteiger partial charge in [-0.05, 0) is 30.7 Å². The van der Waals surface area contributed by atoms with Crippen LogP contribution < -0.4 is 5.32 Å². The molecule has 0 saturated carbocycles. The minimum absolute atomic E-state index is 0.189. The van der Waals surface area contributed by atoms with E-state index < -0.39 is 10.0 Å². The van der Waals surface area contributed by atoms with Crippen molar-refractivity contribution in [2.24, 2.45) is 7.05 Å². The quantitative estimate of drug-likeness (QED) is 0.746. The smallest absolute Gasteiger partial charge is 0.275 e. The fourth-order valence-electron chi connectivity index (χ4n) is 2.36. The van der Waals surface area contributed by atoms with Gasteiger partial charge in [0.15, 0.2) is 5.13 Å². The number of anilines is 1. The Kier molecular flexibility index (Phi) is 4.35. The lowest BCUT2D eigenvalue weighted by molar-refractivity contribution is 0.101. The summed E-state index contributed by atoms with van der Waals surface area (Å²) >= 11 is 1.22. The Bertz CT molecular complexity index is 1050. The van der Waals surface area contributed by atoms with Crippen LogP contribution in [0.3, 0.4) is 0 Å². The number of nitrogens with zero attached hydrogens (tertiary/aromatic N) is 4. The van der Waals surface area contributed by atoms with Gasteiger partial charge in [0.25, 0.3) is 5.91 Å². The molecule has 3 aromatic rings. The van der Waals surface area contributed by atoms with Gasteiger partial charge in [-0.3, -0.25) is 14.8 Å². The molecule has 25 heavy (non-hydrogen) atoms. The lowest BCUT2D eigenvalue weighted by atomic mass is 10.2. The van der Waals surface area contributed by atoms with E-state index in [1.165, 1.54) is 36.2 Å². The molecule has 8 nitrogen and oxygen atoms in total. The van der Waals surface area contributed by atoms with Gasteiger partial charge in [-0.2, -0.15) is 5.10 Å². The highest BCUT2D eigenvalue weighted by atomic mass is 32.2. The number of fused-ring (bicyclic) bond motifs is 1. The largest absolute Gasteiger partial charge is 0.296 e. The number of amides is 1. The molecule has 0 saturated heterocycles. The Morgan fingerprint density at radius 1 is 1.32 bits per heavy atom. The van der Waals surface area contributed by atoms with Crippen LogP contribution in [0.15, 0.2) is 29.3 Å². The van der Waals surface area contributed by atoms with Crippen molar-refractivity contribution in [1.29, 1.82) is 0 Å². The van der Waals surface area contributed by atoms with Crippen LogP contribution in [-0.2, 0) is 17.1 Å². The normalized spacial score (nSPS) is 12.0. The summed E-state index contributed by atoms with van der Waals surface area (Å²) in [4.78, 5) is 16.9. The Labute approximate surface area is 149 Å². The zero-order chi connectivity index (χ0) is 18.4. The molecule has 0 aliphatic rings. The van der Waals surface area contributed by atoms with Gasteiger partial charge in [-0.25, -0.2) is 17.7 Å². The van der Waals surface area contributed by atoms with E-state index in [4.69, 9.17) is 0 Å². The summed E-state index contributed by atoms with van der Waals surface area (Å²) in [6, 6.07) is 4.70. The first-order chi connectivity index (χ1) is 11.7. The second-order valence-corrected chi connectivity index (χ2v) is 8.87. The lowest BCUT2D eigenvalue weighted by Crippen LogP contribution is -2.22. The van der Waals surface area contributed by atoms with E-state index in [1.807, 2.05) is 0 Å². The molecular weight excluding hydrogens is 362 g/mol. The fourth-order valence-corrected chi connectivity index (χ4v) is 4.26. The summed E-state index contributed by atoms with van der Waals surface area (Å²) < 4.78 is 27.8. The first-order valence-electron chi connectivity index (χ1n) is 7.33. The molecule has 0 atom stereocenters. The first-order valence-corrected chi connectivity index (χ1v) is 9.59. The van der Waals surface area contributed by atoms with Gasteiger partial charge < -0.3 is 0 Å². The van der Waals surface area contributed by atoms with Crippen molar-refractivity contribution in [1.82, 2.24) is 19.1 Å². The molecule has 0 fully saturated rings. The van der Waals surface area contributed by atoms with Crippen molar-refractivity contribution < 1.29 is 13.2 Å². The minimum atomic E-state index is -3.52. The van der Waals surface area contributed by atoms with E-state index in [0.29, 0.717) is 21.0 Å². The Balaban J connectivity index is 1.93. The maximum atomic E-state index is 12.4. The predicted molar refractivity (Wildman–Crippen MR) is 96.4 cm³/mol. The van der Waals surface area contributed by atoms with Gasteiger partial charge >= 0.3 is 0 Å². The summed E-state index contributed by atoms with van der Waals surface area (Å²) in [7, 11) is 1.14. The molecule has 3 rings (SSSR count). The van der Waals surface area contributed by atoms with Gasteiger partial charge in [-0.15, -0.1) is 0 Å². The fraction of sp³-hybridized carbons (Fsp3) is 0.267. The van der Waals surface area contributed by atoms with Crippen molar-refractivity contribution in [2.75, 3.05) is 19.4 Å². The number of rotatable bonds is 4. The average Bonchev–Trinajstić information content (AvgIpc) is 3.08. The Hall–Kier alpha value is -2.30. The number of benzene rings is 1. The van der Waals surface area contributed by atoms with Crippen LogP contribution in [0.25, 0.3) is 10.2 Å². The predicted octanol–water partition coefficient (Wildman–Crippen LogP) is 1.84. The third kappa shape index (κ3) is 3.15. The molecule has 0 spiro atoms. The summed E-state index contributed by atoms with van der Waals surface area (Å²) in [5.41, 5.74) is 1.84. The van der Waals surface area contributed by atoms with Crippen molar-refractivity contribution >= 4 is 42.6 Å². The Morgan fingerprint density at radius 2 is 2.04 bits per heavy atom. The highest BCUT2D eigenvalue weighted by molar-refractivity contribution is 7.89. The van der Waals surface area contributed by atoms with E-state index >= 15 is 0 Å². The van der Waals surface area contributed by atoms with Crippen molar-refractivity contribution in [2.45, 2.75) is 11.8 Å². The molecule has 1 N–H and O–H groups in total. The topological polar surface area (TPSA) is 97.2 Å². The van der Waals surface area contributed by atoms with E-state index in [0.717, 1.165) is 9.87 Å². The zero-order valence-corrected chi connectivity index (χ0v) is 15.8. The van der Waals surface area contributed by atoms with E-state index in [1.54, 1.807) is 32.3 Å². The number of hydrogen-bond acceptors (Lipinski definition) is 6. The average molecular weight is 379 g/mol. The molecule has 1 amide bonds. The number of carbonyl (C=O) groups is 1. The molecule has 10 heteroatoms. The zero-order valence-electron chi connectivity index (χ0n) is 14.1. The molecule has 0 aliphatic heterocycles. The Morgan fingerprint density at radius 3 is 2.64 bits per heavy atom. The van der Waals surface area contributed by atoms with Gasteiger partial charge in [-0.1, -0.05) is 11.3 Å². The molecule has 0 unspecified atom stereocenters. The maximum Gasteiger partial charge on any atom is 0.275 e. The van der Waals surface area contributed by atoms with Crippen LogP contribution in [0.2, 0.25) is 0 Å². The second-order valence-electron chi connectivity index (χ2n) is 5.69. The van der Waals surface area contributed by atoms with Crippen LogP contribution in [-0.4, -0.2) is 47.5 Å². The minimum Gasteiger partial charge on any atom is -0.296 e. The highest BCUT2D eigenvalue weighted by Crippen LogP contribution is 2.29. The number of thiazole rings is 1. The van der Waals surface area contributed by atoms with Crippen molar-refractivity contribution in [3.8, 4) is 0 Å². The summed E-state index contributed by atoms with van der Waals surface area (Å²) in [5, 5.41) is 7.19. The summed E-state index contributed by atoms with van der Waals surface area (Å²) in [5.74, 6) is -0.308. The molecule has 1 aromatic carbocycles. The number of sulfonamides is 1.